The van der Waals surface area contributed by atoms with Gasteiger partial charge in [-0.3, -0.25) is 0 Å². The fourth-order valence-corrected chi connectivity index (χ4v) is 1.02. The SMILES string of the molecule is Cc1ccc2c(c1)OOC2. The maximum atomic E-state index is 4.88. The van der Waals surface area contributed by atoms with Crippen molar-refractivity contribution in [3.05, 3.63) is 29.3 Å². The predicted molar refractivity (Wildman–Crippen MR) is 36.6 cm³/mol. The molecule has 0 aliphatic carbocycles. The highest BCUT2D eigenvalue weighted by Gasteiger charge is 2.11. The Balaban J connectivity index is 2.52. The summed E-state index contributed by atoms with van der Waals surface area (Å²) >= 11 is 0. The Labute approximate surface area is 59.3 Å². The number of rotatable bonds is 0. The second-order valence-electron chi connectivity index (χ2n) is 2.46. The fourth-order valence-electron chi connectivity index (χ4n) is 1.02. The van der Waals surface area contributed by atoms with Crippen molar-refractivity contribution >= 4 is 0 Å². The summed E-state index contributed by atoms with van der Waals surface area (Å²) in [6.07, 6.45) is 0. The molecular weight excluding hydrogens is 128 g/mol. The Bertz CT molecular complexity index is 255. The molecule has 1 aliphatic rings. The molecule has 0 fully saturated rings. The molecule has 0 N–H and O–H groups in total. The van der Waals surface area contributed by atoms with Crippen molar-refractivity contribution in [3.63, 3.8) is 0 Å². The Morgan fingerprint density at radius 2 is 2.30 bits per heavy atom. The third kappa shape index (κ3) is 0.772. The second-order valence-corrected chi connectivity index (χ2v) is 2.46. The lowest BCUT2D eigenvalue weighted by atomic mass is 10.1. The van der Waals surface area contributed by atoms with Crippen molar-refractivity contribution in [2.75, 3.05) is 0 Å². The lowest BCUT2D eigenvalue weighted by Gasteiger charge is -1.94. The van der Waals surface area contributed by atoms with Crippen LogP contribution in [0.4, 0.5) is 0 Å². The minimum atomic E-state index is 0.579. The molecule has 0 unspecified atom stereocenters. The van der Waals surface area contributed by atoms with Gasteiger partial charge in [-0.2, -0.15) is 4.89 Å². The van der Waals surface area contributed by atoms with Gasteiger partial charge in [0.1, 0.15) is 6.61 Å². The van der Waals surface area contributed by atoms with Crippen LogP contribution in [0.2, 0.25) is 0 Å². The first-order valence-electron chi connectivity index (χ1n) is 3.25. The maximum Gasteiger partial charge on any atom is 0.171 e. The van der Waals surface area contributed by atoms with E-state index in [1.54, 1.807) is 0 Å². The largest absolute Gasteiger partial charge is 0.337 e. The molecule has 0 bridgehead atoms. The molecule has 0 amide bonds. The molecule has 2 nitrogen and oxygen atoms in total. The molecule has 2 heteroatoms. The Morgan fingerprint density at radius 1 is 1.40 bits per heavy atom. The number of hydrogen-bond donors (Lipinski definition) is 0. The van der Waals surface area contributed by atoms with E-state index in [1.165, 1.54) is 5.56 Å². The third-order valence-corrected chi connectivity index (χ3v) is 1.59. The lowest BCUT2D eigenvalue weighted by molar-refractivity contribution is -0.194. The van der Waals surface area contributed by atoms with Gasteiger partial charge in [-0.1, -0.05) is 12.1 Å². The Hall–Kier alpha value is -1.02. The van der Waals surface area contributed by atoms with Crippen molar-refractivity contribution in [1.82, 2.24) is 0 Å². The standard InChI is InChI=1S/C8H8O2/c1-6-2-3-7-5-9-10-8(7)4-6/h2-4H,5H2,1H3. The molecule has 0 atom stereocenters. The normalized spacial score (nSPS) is 14.5. The van der Waals surface area contributed by atoms with Crippen LogP contribution in [0.5, 0.6) is 5.75 Å². The van der Waals surface area contributed by atoms with Gasteiger partial charge in [0.25, 0.3) is 0 Å². The topological polar surface area (TPSA) is 18.5 Å². The highest BCUT2D eigenvalue weighted by molar-refractivity contribution is 5.37. The number of aryl methyl sites for hydroxylation is 1. The van der Waals surface area contributed by atoms with Crippen molar-refractivity contribution in [2.24, 2.45) is 0 Å². The van der Waals surface area contributed by atoms with Gasteiger partial charge in [0.15, 0.2) is 5.75 Å². The van der Waals surface area contributed by atoms with E-state index in [0.717, 1.165) is 11.3 Å². The van der Waals surface area contributed by atoms with Crippen molar-refractivity contribution in [1.29, 1.82) is 0 Å². The van der Waals surface area contributed by atoms with Gasteiger partial charge < -0.3 is 4.89 Å². The molecule has 0 radical (unpaired) electrons. The molecular formula is C8H8O2. The summed E-state index contributed by atoms with van der Waals surface area (Å²) < 4.78 is 0. The summed E-state index contributed by atoms with van der Waals surface area (Å²) in [7, 11) is 0. The van der Waals surface area contributed by atoms with E-state index in [9.17, 15) is 0 Å². The summed E-state index contributed by atoms with van der Waals surface area (Å²) in [5.74, 6) is 0.861. The Morgan fingerprint density at radius 3 is 3.20 bits per heavy atom. The molecule has 0 spiro atoms. The summed E-state index contributed by atoms with van der Waals surface area (Å²) in [6.45, 7) is 2.61. The average molecular weight is 136 g/mol. The molecule has 52 valence electrons. The molecule has 0 saturated heterocycles. The van der Waals surface area contributed by atoms with Crippen LogP contribution in [0.25, 0.3) is 0 Å². The van der Waals surface area contributed by atoms with E-state index in [4.69, 9.17) is 9.78 Å². The number of hydrogen-bond acceptors (Lipinski definition) is 2. The monoisotopic (exact) mass is 136 g/mol. The van der Waals surface area contributed by atoms with Gasteiger partial charge >= 0.3 is 0 Å². The smallest absolute Gasteiger partial charge is 0.171 e. The maximum absolute atomic E-state index is 4.88. The first-order valence-corrected chi connectivity index (χ1v) is 3.25. The molecule has 1 heterocycles. The zero-order valence-corrected chi connectivity index (χ0v) is 5.76. The van der Waals surface area contributed by atoms with Crippen LogP contribution >= 0.6 is 0 Å². The summed E-state index contributed by atoms with van der Waals surface area (Å²) in [4.78, 5) is 9.65. The molecule has 1 aliphatic heterocycles. The van der Waals surface area contributed by atoms with E-state index in [1.807, 2.05) is 19.1 Å². The van der Waals surface area contributed by atoms with E-state index in [-0.39, 0.29) is 0 Å². The zero-order chi connectivity index (χ0) is 6.97. The van der Waals surface area contributed by atoms with Crippen LogP contribution in [0.3, 0.4) is 0 Å². The summed E-state index contributed by atoms with van der Waals surface area (Å²) in [6, 6.07) is 6.05. The first kappa shape index (κ1) is 5.74. The van der Waals surface area contributed by atoms with Crippen LogP contribution in [0, 0.1) is 6.92 Å². The fraction of sp³-hybridized carbons (Fsp3) is 0.250. The van der Waals surface area contributed by atoms with Crippen LogP contribution in [-0.2, 0) is 11.5 Å². The highest BCUT2D eigenvalue weighted by Crippen LogP contribution is 2.26. The summed E-state index contributed by atoms with van der Waals surface area (Å²) in [5, 5.41) is 0. The van der Waals surface area contributed by atoms with Crippen molar-refractivity contribution in [3.8, 4) is 5.75 Å². The van der Waals surface area contributed by atoms with Crippen molar-refractivity contribution in [2.45, 2.75) is 13.5 Å². The second kappa shape index (κ2) is 1.99. The van der Waals surface area contributed by atoms with Gasteiger partial charge in [0, 0.05) is 5.56 Å². The molecule has 0 aromatic heterocycles. The molecule has 1 aromatic carbocycles. The van der Waals surface area contributed by atoms with E-state index in [2.05, 4.69) is 6.07 Å². The minimum Gasteiger partial charge on any atom is -0.337 e. The van der Waals surface area contributed by atoms with Crippen LogP contribution in [0.1, 0.15) is 11.1 Å². The lowest BCUT2D eigenvalue weighted by Crippen LogP contribution is -1.81. The van der Waals surface area contributed by atoms with Crippen LogP contribution in [0.15, 0.2) is 18.2 Å². The zero-order valence-electron chi connectivity index (χ0n) is 5.76. The highest BCUT2D eigenvalue weighted by atomic mass is 17.2. The number of benzene rings is 1. The van der Waals surface area contributed by atoms with Crippen LogP contribution in [-0.4, -0.2) is 0 Å². The molecule has 2 rings (SSSR count). The predicted octanol–water partition coefficient (Wildman–Crippen LogP) is 1.82. The first-order chi connectivity index (χ1) is 4.86. The Kier molecular flexibility index (Phi) is 1.14. The van der Waals surface area contributed by atoms with E-state index < -0.39 is 0 Å². The molecule has 10 heavy (non-hydrogen) atoms. The van der Waals surface area contributed by atoms with Crippen LogP contribution < -0.4 is 4.89 Å². The van der Waals surface area contributed by atoms with E-state index >= 15 is 0 Å². The van der Waals surface area contributed by atoms with Gasteiger partial charge in [0.2, 0.25) is 0 Å². The van der Waals surface area contributed by atoms with Gasteiger partial charge in [0.05, 0.1) is 0 Å². The quantitative estimate of drug-likeness (QED) is 0.506. The van der Waals surface area contributed by atoms with E-state index in [0.29, 0.717) is 6.61 Å². The molecule has 0 saturated carbocycles. The van der Waals surface area contributed by atoms with Gasteiger partial charge in [-0.05, 0) is 18.6 Å². The van der Waals surface area contributed by atoms with Crippen molar-refractivity contribution < 1.29 is 9.78 Å². The minimum absolute atomic E-state index is 0.579. The van der Waals surface area contributed by atoms with Gasteiger partial charge in [-0.15, -0.1) is 0 Å². The molecule has 1 aromatic rings. The number of fused-ring (bicyclic) bond motifs is 1. The average Bonchev–Trinajstić information content (AvgIpc) is 2.33. The van der Waals surface area contributed by atoms with Gasteiger partial charge in [-0.25, -0.2) is 0 Å². The summed E-state index contributed by atoms with van der Waals surface area (Å²) in [5.41, 5.74) is 2.33. The third-order valence-electron chi connectivity index (χ3n) is 1.59.